The minimum absolute atomic E-state index is 0.0768. The number of hydrogen-bond acceptors (Lipinski definition) is 2. The summed E-state index contributed by atoms with van der Waals surface area (Å²) in [5.41, 5.74) is 12.7. The van der Waals surface area contributed by atoms with Gasteiger partial charge in [0, 0.05) is 24.8 Å². The van der Waals surface area contributed by atoms with Crippen molar-refractivity contribution in [3.8, 4) is 44.5 Å². The molecule has 54 heavy (non-hydrogen) atoms. The smallest absolute Gasteiger partial charge is 0.0273 e. The Bertz CT molecular complexity index is 2790. The predicted molar refractivity (Wildman–Crippen MR) is 231 cm³/mol. The SMILES string of the molecule is CC(C)(C)c1ccc(-c2cc3c(-c4ccncc4)c4cccc5c(-c6ccc(C(C)(C)C)cc6)cc6c(-c7ccncc7)c7cccc2c7c3c6c54)cc1. The third kappa shape index (κ3) is 4.86. The van der Waals surface area contributed by atoms with Crippen LogP contribution >= 0.6 is 0 Å². The first-order valence-corrected chi connectivity index (χ1v) is 19.1. The third-order valence-corrected chi connectivity index (χ3v) is 11.7. The van der Waals surface area contributed by atoms with Crippen molar-refractivity contribution in [2.45, 2.75) is 52.4 Å². The summed E-state index contributed by atoms with van der Waals surface area (Å²) in [5, 5.41) is 12.9. The van der Waals surface area contributed by atoms with Gasteiger partial charge in [0.25, 0.3) is 0 Å². The normalized spacial score (nSPS) is 12.6. The van der Waals surface area contributed by atoms with Crippen LogP contribution in [-0.2, 0) is 10.8 Å². The van der Waals surface area contributed by atoms with Crippen LogP contribution in [0.2, 0.25) is 0 Å². The van der Waals surface area contributed by atoms with E-state index in [0.29, 0.717) is 0 Å². The Labute approximate surface area is 316 Å². The highest BCUT2D eigenvalue weighted by atomic mass is 14.6. The summed E-state index contributed by atoms with van der Waals surface area (Å²) in [6.07, 6.45) is 7.71. The second-order valence-electron chi connectivity index (χ2n) is 17.0. The third-order valence-electron chi connectivity index (χ3n) is 11.7. The molecule has 2 heteroatoms. The van der Waals surface area contributed by atoms with E-state index in [-0.39, 0.29) is 10.8 Å². The van der Waals surface area contributed by atoms with Crippen LogP contribution in [-0.4, -0.2) is 9.97 Å². The van der Waals surface area contributed by atoms with E-state index in [4.69, 9.17) is 0 Å². The second kappa shape index (κ2) is 11.7. The Hall–Kier alpha value is -6.12. The number of rotatable bonds is 4. The molecule has 8 aromatic carbocycles. The lowest BCUT2D eigenvalue weighted by molar-refractivity contribution is 0.590. The Morgan fingerprint density at radius 2 is 0.685 bits per heavy atom. The first kappa shape index (κ1) is 32.5. The molecule has 0 bridgehead atoms. The predicted octanol–water partition coefficient (Wildman–Crippen LogP) is 14.4. The van der Waals surface area contributed by atoms with Crippen molar-refractivity contribution in [1.29, 1.82) is 0 Å². The molecular weight excluding hydrogens is 653 g/mol. The maximum absolute atomic E-state index is 4.46. The topological polar surface area (TPSA) is 25.8 Å². The standard InChI is InChI=1S/C52H42N2/c1-51(2,3)35-17-13-31(14-18-35)41-29-43-45(33-21-25-53-26-22-33)40-12-8-10-38-42(32-15-19-36(20-16-32)52(4,5)6)30-44-46(34-23-27-54-28-24-34)39-11-7-9-37(41)47(39)49(43)50(44)48(38)40/h7-30H,1-6H3. The summed E-state index contributed by atoms with van der Waals surface area (Å²) >= 11 is 0. The van der Waals surface area contributed by atoms with Gasteiger partial charge in [0.05, 0.1) is 0 Å². The van der Waals surface area contributed by atoms with Gasteiger partial charge in [0.2, 0.25) is 0 Å². The van der Waals surface area contributed by atoms with Crippen LogP contribution in [0.1, 0.15) is 52.7 Å². The molecule has 10 aromatic rings. The summed E-state index contributed by atoms with van der Waals surface area (Å²) in [6, 6.07) is 46.0. The fraction of sp³-hybridized carbons (Fsp3) is 0.154. The number of benzene rings is 8. The zero-order chi connectivity index (χ0) is 36.9. The van der Waals surface area contributed by atoms with Gasteiger partial charge in [-0.3, -0.25) is 9.97 Å². The van der Waals surface area contributed by atoms with Crippen molar-refractivity contribution in [3.63, 3.8) is 0 Å². The highest BCUT2D eigenvalue weighted by Crippen LogP contribution is 2.54. The monoisotopic (exact) mass is 694 g/mol. The van der Waals surface area contributed by atoms with Crippen LogP contribution in [0.15, 0.2) is 146 Å². The molecule has 0 radical (unpaired) electrons. The molecule has 0 aliphatic carbocycles. The van der Waals surface area contributed by atoms with Crippen molar-refractivity contribution in [2.24, 2.45) is 0 Å². The molecule has 2 nitrogen and oxygen atoms in total. The van der Waals surface area contributed by atoms with E-state index >= 15 is 0 Å². The lowest BCUT2D eigenvalue weighted by atomic mass is 9.77. The summed E-state index contributed by atoms with van der Waals surface area (Å²) in [5.74, 6) is 0. The molecule has 260 valence electrons. The summed E-state index contributed by atoms with van der Waals surface area (Å²) < 4.78 is 0. The van der Waals surface area contributed by atoms with E-state index in [9.17, 15) is 0 Å². The average molecular weight is 695 g/mol. The van der Waals surface area contributed by atoms with Gasteiger partial charge in [0.1, 0.15) is 0 Å². The van der Waals surface area contributed by atoms with E-state index in [1.807, 2.05) is 24.8 Å². The van der Waals surface area contributed by atoms with Crippen LogP contribution < -0.4 is 0 Å². The Morgan fingerprint density at radius 3 is 1.04 bits per heavy atom. The summed E-state index contributed by atoms with van der Waals surface area (Å²) in [4.78, 5) is 8.91. The van der Waals surface area contributed by atoms with Crippen molar-refractivity contribution >= 4 is 53.9 Å². The molecule has 0 saturated carbocycles. The van der Waals surface area contributed by atoms with E-state index in [1.54, 1.807) is 0 Å². The van der Waals surface area contributed by atoms with Gasteiger partial charge in [-0.05, 0) is 157 Å². The Balaban J connectivity index is 1.44. The van der Waals surface area contributed by atoms with Gasteiger partial charge < -0.3 is 0 Å². The average Bonchev–Trinajstić information content (AvgIpc) is 3.18. The molecule has 0 N–H and O–H groups in total. The second-order valence-corrected chi connectivity index (χ2v) is 17.0. The summed E-state index contributed by atoms with van der Waals surface area (Å²) in [6.45, 7) is 13.7. The molecular formula is C52H42N2. The van der Waals surface area contributed by atoms with Gasteiger partial charge in [-0.1, -0.05) is 126 Å². The van der Waals surface area contributed by atoms with Crippen LogP contribution in [0.5, 0.6) is 0 Å². The molecule has 0 aliphatic heterocycles. The maximum Gasteiger partial charge on any atom is 0.0273 e. The van der Waals surface area contributed by atoms with Crippen molar-refractivity contribution in [3.05, 3.63) is 157 Å². The zero-order valence-corrected chi connectivity index (χ0v) is 31.8. The van der Waals surface area contributed by atoms with E-state index in [1.165, 1.54) is 109 Å². The number of pyridine rings is 2. The molecule has 10 rings (SSSR count). The molecule has 0 unspecified atom stereocenters. The van der Waals surface area contributed by atoms with Crippen LogP contribution in [0, 0.1) is 0 Å². The van der Waals surface area contributed by atoms with Crippen LogP contribution in [0.4, 0.5) is 0 Å². The highest BCUT2D eigenvalue weighted by Gasteiger charge is 2.27. The zero-order valence-electron chi connectivity index (χ0n) is 31.8. The molecule has 0 saturated heterocycles. The largest absolute Gasteiger partial charge is 0.265 e. The molecule has 0 spiro atoms. The minimum atomic E-state index is 0.0768. The molecule has 0 amide bonds. The van der Waals surface area contributed by atoms with Gasteiger partial charge in [-0.15, -0.1) is 0 Å². The fourth-order valence-corrected chi connectivity index (χ4v) is 9.01. The van der Waals surface area contributed by atoms with Crippen molar-refractivity contribution in [2.75, 3.05) is 0 Å². The van der Waals surface area contributed by atoms with Crippen molar-refractivity contribution < 1.29 is 0 Å². The van der Waals surface area contributed by atoms with Crippen LogP contribution in [0.25, 0.3) is 98.4 Å². The molecule has 2 aromatic heterocycles. The fourth-order valence-electron chi connectivity index (χ4n) is 9.01. The van der Waals surface area contributed by atoms with E-state index in [2.05, 4.69) is 173 Å². The van der Waals surface area contributed by atoms with Crippen LogP contribution in [0.3, 0.4) is 0 Å². The van der Waals surface area contributed by atoms with Gasteiger partial charge >= 0.3 is 0 Å². The minimum Gasteiger partial charge on any atom is -0.265 e. The van der Waals surface area contributed by atoms with Crippen molar-refractivity contribution in [1.82, 2.24) is 9.97 Å². The number of hydrogen-bond donors (Lipinski definition) is 0. The van der Waals surface area contributed by atoms with Gasteiger partial charge in [-0.2, -0.15) is 0 Å². The Kier molecular flexibility index (Phi) is 7.04. The molecule has 0 aliphatic rings. The van der Waals surface area contributed by atoms with E-state index in [0.717, 1.165) is 0 Å². The first-order chi connectivity index (χ1) is 26.1. The lowest BCUT2D eigenvalue weighted by Gasteiger charge is -2.26. The summed E-state index contributed by atoms with van der Waals surface area (Å²) in [7, 11) is 0. The quantitative estimate of drug-likeness (QED) is 0.135. The first-order valence-electron chi connectivity index (χ1n) is 19.1. The highest BCUT2D eigenvalue weighted by molar-refractivity contribution is 6.44. The molecule has 0 atom stereocenters. The molecule has 2 heterocycles. The van der Waals surface area contributed by atoms with E-state index < -0.39 is 0 Å². The molecule has 0 fully saturated rings. The maximum atomic E-state index is 4.46. The lowest BCUT2D eigenvalue weighted by Crippen LogP contribution is -2.10. The Morgan fingerprint density at radius 1 is 0.333 bits per heavy atom. The van der Waals surface area contributed by atoms with Gasteiger partial charge in [-0.25, -0.2) is 0 Å². The number of nitrogens with zero attached hydrogens (tertiary/aromatic N) is 2. The number of aromatic nitrogens is 2. The van der Waals surface area contributed by atoms with Gasteiger partial charge in [0.15, 0.2) is 0 Å².